The molecular formula is C27H24N2O5. The van der Waals surface area contributed by atoms with Gasteiger partial charge in [0, 0.05) is 18.7 Å². The molecule has 0 saturated carbocycles. The maximum absolute atomic E-state index is 13.0. The Morgan fingerprint density at radius 1 is 0.824 bits per heavy atom. The molecule has 0 N–H and O–H groups in total. The van der Waals surface area contributed by atoms with Crippen molar-refractivity contribution in [1.82, 2.24) is 9.96 Å². The van der Waals surface area contributed by atoms with Crippen LogP contribution < -0.4 is 4.74 Å². The first kappa shape index (κ1) is 21.9. The van der Waals surface area contributed by atoms with Crippen LogP contribution in [-0.2, 0) is 11.4 Å². The van der Waals surface area contributed by atoms with Gasteiger partial charge in [0.05, 0.1) is 17.2 Å². The van der Waals surface area contributed by atoms with Gasteiger partial charge in [-0.15, -0.1) is 5.06 Å². The monoisotopic (exact) mass is 456 g/mol. The van der Waals surface area contributed by atoms with Crippen molar-refractivity contribution < 1.29 is 24.0 Å². The number of ether oxygens (including phenoxy) is 1. The lowest BCUT2D eigenvalue weighted by molar-refractivity contribution is -0.143. The molecule has 2 heterocycles. The first-order valence-corrected chi connectivity index (χ1v) is 11.3. The zero-order valence-electron chi connectivity index (χ0n) is 18.6. The molecule has 5 rings (SSSR count). The molecule has 34 heavy (non-hydrogen) atoms. The molecule has 3 aromatic rings. The topological polar surface area (TPSA) is 76.2 Å². The molecule has 0 aromatic heterocycles. The van der Waals surface area contributed by atoms with Crippen molar-refractivity contribution in [2.75, 3.05) is 13.1 Å². The molecule has 3 aromatic carbocycles. The van der Waals surface area contributed by atoms with Crippen molar-refractivity contribution in [3.8, 4) is 5.75 Å². The summed E-state index contributed by atoms with van der Waals surface area (Å²) < 4.78 is 5.85. The summed E-state index contributed by atoms with van der Waals surface area (Å²) in [5.74, 6) is -0.319. The number of nitrogens with zero attached hydrogens (tertiary/aromatic N) is 2. The molecular weight excluding hydrogens is 432 g/mol. The summed E-state index contributed by atoms with van der Waals surface area (Å²) in [5, 5.41) is 0.861. The number of carbonyl (C=O) groups excluding carboxylic acids is 3. The van der Waals surface area contributed by atoms with Crippen LogP contribution in [0.2, 0.25) is 0 Å². The maximum Gasteiger partial charge on any atom is 0.285 e. The molecule has 7 nitrogen and oxygen atoms in total. The van der Waals surface area contributed by atoms with Crippen LogP contribution in [0, 0.1) is 0 Å². The number of rotatable bonds is 6. The van der Waals surface area contributed by atoms with Gasteiger partial charge in [-0.1, -0.05) is 48.5 Å². The van der Waals surface area contributed by atoms with E-state index in [9.17, 15) is 14.4 Å². The van der Waals surface area contributed by atoms with Gasteiger partial charge in [0.1, 0.15) is 12.4 Å². The fraction of sp³-hybridized carbons (Fsp3) is 0.222. The molecule has 2 aliphatic rings. The molecule has 3 amide bonds. The van der Waals surface area contributed by atoms with E-state index in [1.165, 1.54) is 0 Å². The lowest BCUT2D eigenvalue weighted by Gasteiger charge is -2.33. The van der Waals surface area contributed by atoms with Crippen LogP contribution >= 0.6 is 0 Å². The summed E-state index contributed by atoms with van der Waals surface area (Å²) in [7, 11) is 0. The van der Waals surface area contributed by atoms with Crippen LogP contribution in [0.15, 0.2) is 78.9 Å². The zero-order chi connectivity index (χ0) is 23.5. The van der Waals surface area contributed by atoms with Crippen LogP contribution in [0.25, 0.3) is 0 Å². The van der Waals surface area contributed by atoms with Crippen molar-refractivity contribution in [2.24, 2.45) is 0 Å². The Bertz CT molecular complexity index is 1180. The SMILES string of the molecule is O=C(c1cccc(OCc2ccccc2)c1)N1CCC(ON2C(=O)c3ccccc3C2=O)CC1. The minimum Gasteiger partial charge on any atom is -0.489 e. The Labute approximate surface area is 197 Å². The average molecular weight is 456 g/mol. The number of hydroxylamine groups is 2. The van der Waals surface area contributed by atoms with Gasteiger partial charge in [-0.2, -0.15) is 0 Å². The first-order chi connectivity index (χ1) is 16.6. The Hall–Kier alpha value is -3.97. The summed E-state index contributed by atoms with van der Waals surface area (Å²) in [4.78, 5) is 45.6. The second-order valence-corrected chi connectivity index (χ2v) is 8.35. The lowest BCUT2D eigenvalue weighted by Crippen LogP contribution is -2.44. The number of likely N-dealkylation sites (tertiary alicyclic amines) is 1. The van der Waals surface area contributed by atoms with E-state index in [-0.39, 0.29) is 12.0 Å². The van der Waals surface area contributed by atoms with Crippen LogP contribution in [0.3, 0.4) is 0 Å². The van der Waals surface area contributed by atoms with Crippen LogP contribution in [0.4, 0.5) is 0 Å². The minimum atomic E-state index is -0.438. The molecule has 7 heteroatoms. The van der Waals surface area contributed by atoms with E-state index >= 15 is 0 Å². The lowest BCUT2D eigenvalue weighted by atomic mass is 10.1. The third-order valence-corrected chi connectivity index (χ3v) is 6.07. The molecule has 0 radical (unpaired) electrons. The Morgan fingerprint density at radius 2 is 1.47 bits per heavy atom. The van der Waals surface area contributed by atoms with Gasteiger partial charge in [0.2, 0.25) is 0 Å². The standard InChI is InChI=1S/C27H24N2O5/c30-25(20-9-6-10-22(17-20)33-18-19-7-2-1-3-8-19)28-15-13-21(14-16-28)34-29-26(31)23-11-4-5-12-24(23)27(29)32/h1-12,17,21H,13-16,18H2. The molecule has 0 unspecified atom stereocenters. The third kappa shape index (κ3) is 4.43. The number of fused-ring (bicyclic) bond motifs is 1. The van der Waals surface area contributed by atoms with Crippen LogP contribution in [0.5, 0.6) is 5.75 Å². The van der Waals surface area contributed by atoms with Gasteiger partial charge < -0.3 is 9.64 Å². The normalized spacial score (nSPS) is 16.0. The molecule has 0 aliphatic carbocycles. The summed E-state index contributed by atoms with van der Waals surface area (Å²) in [5.41, 5.74) is 2.33. The van der Waals surface area contributed by atoms with E-state index in [0.29, 0.717) is 55.0 Å². The Balaban J connectivity index is 1.16. The molecule has 1 saturated heterocycles. The van der Waals surface area contributed by atoms with E-state index in [0.717, 1.165) is 10.6 Å². The zero-order valence-corrected chi connectivity index (χ0v) is 18.6. The highest BCUT2D eigenvalue weighted by Crippen LogP contribution is 2.26. The fourth-order valence-electron chi connectivity index (χ4n) is 4.22. The number of hydrogen-bond acceptors (Lipinski definition) is 5. The van der Waals surface area contributed by atoms with E-state index in [4.69, 9.17) is 9.57 Å². The number of benzene rings is 3. The predicted molar refractivity (Wildman–Crippen MR) is 124 cm³/mol. The van der Waals surface area contributed by atoms with Crippen molar-refractivity contribution >= 4 is 17.7 Å². The summed E-state index contributed by atoms with van der Waals surface area (Å²) in [6.07, 6.45) is 0.749. The summed E-state index contributed by atoms with van der Waals surface area (Å²) in [6.45, 7) is 1.38. The second-order valence-electron chi connectivity index (χ2n) is 8.35. The number of imide groups is 1. The summed E-state index contributed by atoms with van der Waals surface area (Å²) >= 11 is 0. The summed E-state index contributed by atoms with van der Waals surface area (Å²) in [6, 6.07) is 23.7. The molecule has 2 aliphatic heterocycles. The van der Waals surface area contributed by atoms with Crippen molar-refractivity contribution in [3.05, 3.63) is 101 Å². The molecule has 0 atom stereocenters. The molecule has 0 bridgehead atoms. The largest absolute Gasteiger partial charge is 0.489 e. The highest BCUT2D eigenvalue weighted by atomic mass is 16.7. The number of amides is 3. The molecule has 0 spiro atoms. The van der Waals surface area contributed by atoms with E-state index < -0.39 is 11.8 Å². The number of carbonyl (C=O) groups is 3. The quantitative estimate of drug-likeness (QED) is 0.522. The Morgan fingerprint density at radius 3 is 2.15 bits per heavy atom. The fourth-order valence-corrected chi connectivity index (χ4v) is 4.22. The van der Waals surface area contributed by atoms with Crippen molar-refractivity contribution in [1.29, 1.82) is 0 Å². The smallest absolute Gasteiger partial charge is 0.285 e. The van der Waals surface area contributed by atoms with E-state index in [1.54, 1.807) is 41.3 Å². The minimum absolute atomic E-state index is 0.0793. The van der Waals surface area contributed by atoms with Gasteiger partial charge in [-0.25, -0.2) is 0 Å². The average Bonchev–Trinajstić information content (AvgIpc) is 3.13. The van der Waals surface area contributed by atoms with E-state index in [1.807, 2.05) is 42.5 Å². The third-order valence-electron chi connectivity index (χ3n) is 6.07. The van der Waals surface area contributed by atoms with Gasteiger partial charge in [-0.05, 0) is 48.7 Å². The van der Waals surface area contributed by atoms with Gasteiger partial charge in [0.25, 0.3) is 17.7 Å². The molecule has 172 valence electrons. The van der Waals surface area contributed by atoms with Crippen molar-refractivity contribution in [3.63, 3.8) is 0 Å². The first-order valence-electron chi connectivity index (χ1n) is 11.3. The van der Waals surface area contributed by atoms with Crippen LogP contribution in [-0.4, -0.2) is 46.9 Å². The predicted octanol–water partition coefficient (Wildman–Crippen LogP) is 4.10. The van der Waals surface area contributed by atoms with Gasteiger partial charge in [0.15, 0.2) is 0 Å². The van der Waals surface area contributed by atoms with Gasteiger partial charge in [-0.3, -0.25) is 19.2 Å². The van der Waals surface area contributed by atoms with Gasteiger partial charge >= 0.3 is 0 Å². The number of piperidine rings is 1. The van der Waals surface area contributed by atoms with Crippen molar-refractivity contribution in [2.45, 2.75) is 25.6 Å². The molecule has 1 fully saturated rings. The highest BCUT2D eigenvalue weighted by Gasteiger charge is 2.38. The highest BCUT2D eigenvalue weighted by molar-refractivity contribution is 6.20. The Kier molecular flexibility index (Phi) is 6.10. The maximum atomic E-state index is 13.0. The van der Waals surface area contributed by atoms with E-state index in [2.05, 4.69) is 0 Å². The second kappa shape index (κ2) is 9.49. The van der Waals surface area contributed by atoms with Crippen LogP contribution in [0.1, 0.15) is 49.5 Å². The number of hydrogen-bond donors (Lipinski definition) is 0.